The maximum Gasteiger partial charge on any atom is 0.152 e. The van der Waals surface area contributed by atoms with Gasteiger partial charge in [0.15, 0.2) is 6.29 Å². The molecule has 0 atom stereocenters. The molecule has 2 rings (SSSR count). The average molecular weight is 177 g/mol. The van der Waals surface area contributed by atoms with Crippen LogP contribution in [0.15, 0.2) is 12.3 Å². The van der Waals surface area contributed by atoms with Crippen LogP contribution in [0.25, 0.3) is 0 Å². The van der Waals surface area contributed by atoms with Gasteiger partial charge >= 0.3 is 0 Å². The van der Waals surface area contributed by atoms with Crippen LogP contribution in [0, 0.1) is 6.92 Å². The van der Waals surface area contributed by atoms with Crippen molar-refractivity contribution in [3.05, 3.63) is 29.1 Å². The van der Waals surface area contributed by atoms with Gasteiger partial charge in [0, 0.05) is 11.8 Å². The van der Waals surface area contributed by atoms with Crippen LogP contribution in [0.2, 0.25) is 0 Å². The molecule has 3 heteroatoms. The second-order valence-electron chi connectivity index (χ2n) is 3.54. The summed E-state index contributed by atoms with van der Waals surface area (Å²) in [5, 5.41) is 9.82. The molecule has 1 aromatic rings. The highest BCUT2D eigenvalue weighted by Gasteiger charge is 2.45. The monoisotopic (exact) mass is 177 g/mol. The number of aromatic nitrogens is 1. The van der Waals surface area contributed by atoms with Gasteiger partial charge in [0.25, 0.3) is 0 Å². The Morgan fingerprint density at radius 2 is 2.31 bits per heavy atom. The van der Waals surface area contributed by atoms with E-state index in [0.717, 1.165) is 11.8 Å². The van der Waals surface area contributed by atoms with E-state index in [2.05, 4.69) is 4.98 Å². The third-order valence-corrected chi connectivity index (χ3v) is 2.49. The van der Waals surface area contributed by atoms with E-state index in [4.69, 9.17) is 0 Å². The van der Waals surface area contributed by atoms with Gasteiger partial charge < -0.3 is 5.11 Å². The number of aldehydes is 1. The number of hydrogen-bond acceptors (Lipinski definition) is 3. The summed E-state index contributed by atoms with van der Waals surface area (Å²) in [4.78, 5) is 14.8. The molecule has 1 saturated carbocycles. The molecular weight excluding hydrogens is 166 g/mol. The molecular formula is C10H11NO2. The number of aryl methyl sites for hydroxylation is 1. The number of hydrogen-bond donors (Lipinski definition) is 1. The summed E-state index contributed by atoms with van der Waals surface area (Å²) >= 11 is 0. The van der Waals surface area contributed by atoms with Crippen molar-refractivity contribution in [2.24, 2.45) is 0 Å². The first-order valence-corrected chi connectivity index (χ1v) is 4.31. The van der Waals surface area contributed by atoms with Crippen LogP contribution in [-0.2, 0) is 5.60 Å². The fourth-order valence-electron chi connectivity index (χ4n) is 1.44. The highest BCUT2D eigenvalue weighted by atomic mass is 16.3. The van der Waals surface area contributed by atoms with E-state index in [0.29, 0.717) is 24.1 Å². The van der Waals surface area contributed by atoms with Crippen LogP contribution in [-0.4, -0.2) is 16.4 Å². The molecule has 3 nitrogen and oxygen atoms in total. The molecule has 0 radical (unpaired) electrons. The minimum Gasteiger partial charge on any atom is -0.384 e. The smallest absolute Gasteiger partial charge is 0.152 e. The summed E-state index contributed by atoms with van der Waals surface area (Å²) in [5.74, 6) is 0. The third-order valence-electron chi connectivity index (χ3n) is 2.49. The Balaban J connectivity index is 2.56. The van der Waals surface area contributed by atoms with Gasteiger partial charge in [-0.25, -0.2) is 0 Å². The summed E-state index contributed by atoms with van der Waals surface area (Å²) in [6.45, 7) is 1.85. The van der Waals surface area contributed by atoms with Crippen LogP contribution >= 0.6 is 0 Å². The van der Waals surface area contributed by atoms with Crippen molar-refractivity contribution in [1.82, 2.24) is 4.98 Å². The lowest BCUT2D eigenvalue weighted by atomic mass is 10.0. The number of pyridine rings is 1. The SMILES string of the molecule is Cc1ccnc(C2(O)CC2)c1C=O. The molecule has 68 valence electrons. The Morgan fingerprint density at radius 3 is 2.85 bits per heavy atom. The highest BCUT2D eigenvalue weighted by Crippen LogP contribution is 2.45. The first kappa shape index (κ1) is 8.38. The molecule has 0 spiro atoms. The Morgan fingerprint density at radius 1 is 1.62 bits per heavy atom. The molecule has 1 aliphatic carbocycles. The number of carbonyl (C=O) groups excluding carboxylic acids is 1. The molecule has 1 fully saturated rings. The van der Waals surface area contributed by atoms with E-state index < -0.39 is 5.60 Å². The Labute approximate surface area is 76.4 Å². The molecule has 1 heterocycles. The minimum atomic E-state index is -0.817. The highest BCUT2D eigenvalue weighted by molar-refractivity contribution is 5.79. The van der Waals surface area contributed by atoms with E-state index in [1.807, 2.05) is 6.92 Å². The first-order valence-electron chi connectivity index (χ1n) is 4.31. The maximum absolute atomic E-state index is 10.8. The van der Waals surface area contributed by atoms with Crippen LogP contribution < -0.4 is 0 Å². The Kier molecular flexibility index (Phi) is 1.70. The molecule has 0 bridgehead atoms. The van der Waals surface area contributed by atoms with Crippen LogP contribution in [0.1, 0.15) is 34.5 Å². The number of aliphatic hydroxyl groups is 1. The minimum absolute atomic E-state index is 0.544. The third kappa shape index (κ3) is 1.25. The number of rotatable bonds is 2. The molecule has 0 amide bonds. The molecule has 1 aromatic heterocycles. The van der Waals surface area contributed by atoms with Gasteiger partial charge in [0.2, 0.25) is 0 Å². The lowest BCUT2D eigenvalue weighted by Gasteiger charge is -2.10. The first-order chi connectivity index (χ1) is 6.17. The largest absolute Gasteiger partial charge is 0.384 e. The summed E-state index contributed by atoms with van der Waals surface area (Å²) in [7, 11) is 0. The molecule has 1 aliphatic rings. The van der Waals surface area contributed by atoms with Crippen molar-refractivity contribution in [3.63, 3.8) is 0 Å². The van der Waals surface area contributed by atoms with E-state index in [9.17, 15) is 9.90 Å². The van der Waals surface area contributed by atoms with Crippen LogP contribution in [0.3, 0.4) is 0 Å². The van der Waals surface area contributed by atoms with Gasteiger partial charge in [-0.2, -0.15) is 0 Å². The van der Waals surface area contributed by atoms with Crippen molar-refractivity contribution in [2.75, 3.05) is 0 Å². The van der Waals surface area contributed by atoms with E-state index in [1.165, 1.54) is 0 Å². The quantitative estimate of drug-likeness (QED) is 0.690. The van der Waals surface area contributed by atoms with E-state index in [1.54, 1.807) is 12.3 Å². The number of nitrogens with zero attached hydrogens (tertiary/aromatic N) is 1. The van der Waals surface area contributed by atoms with Crippen molar-refractivity contribution >= 4 is 6.29 Å². The Bertz CT molecular complexity index is 356. The van der Waals surface area contributed by atoms with Crippen molar-refractivity contribution in [1.29, 1.82) is 0 Å². The van der Waals surface area contributed by atoms with Crippen LogP contribution in [0.5, 0.6) is 0 Å². The summed E-state index contributed by atoms with van der Waals surface area (Å²) in [5.41, 5.74) is 1.15. The van der Waals surface area contributed by atoms with Gasteiger partial charge in [-0.1, -0.05) is 0 Å². The van der Waals surface area contributed by atoms with Gasteiger partial charge in [0.05, 0.1) is 5.69 Å². The zero-order valence-electron chi connectivity index (χ0n) is 7.45. The molecule has 0 aromatic carbocycles. The molecule has 0 aliphatic heterocycles. The van der Waals surface area contributed by atoms with E-state index in [-0.39, 0.29) is 0 Å². The average Bonchev–Trinajstić information content (AvgIpc) is 2.85. The van der Waals surface area contributed by atoms with Crippen molar-refractivity contribution in [2.45, 2.75) is 25.4 Å². The summed E-state index contributed by atoms with van der Waals surface area (Å²) < 4.78 is 0. The molecule has 0 unspecified atom stereocenters. The van der Waals surface area contributed by atoms with Crippen molar-refractivity contribution in [3.8, 4) is 0 Å². The fourth-order valence-corrected chi connectivity index (χ4v) is 1.44. The van der Waals surface area contributed by atoms with Gasteiger partial charge in [-0.15, -0.1) is 0 Å². The molecule has 1 N–H and O–H groups in total. The summed E-state index contributed by atoms with van der Waals surface area (Å²) in [6, 6.07) is 1.78. The topological polar surface area (TPSA) is 50.2 Å². The van der Waals surface area contributed by atoms with Crippen LogP contribution in [0.4, 0.5) is 0 Å². The second-order valence-corrected chi connectivity index (χ2v) is 3.54. The van der Waals surface area contributed by atoms with E-state index >= 15 is 0 Å². The zero-order valence-corrected chi connectivity index (χ0v) is 7.45. The second kappa shape index (κ2) is 2.64. The predicted octanol–water partition coefficient (Wildman–Crippen LogP) is 1.18. The molecule has 13 heavy (non-hydrogen) atoms. The normalized spacial score (nSPS) is 18.3. The molecule has 0 saturated heterocycles. The Hall–Kier alpha value is -1.22. The van der Waals surface area contributed by atoms with Gasteiger partial charge in [0.1, 0.15) is 5.60 Å². The predicted molar refractivity (Wildman–Crippen MR) is 47.5 cm³/mol. The standard InChI is InChI=1S/C10H11NO2/c1-7-2-5-11-9(8(7)6-12)10(13)3-4-10/h2,5-6,13H,3-4H2,1H3. The number of carbonyl (C=O) groups is 1. The van der Waals surface area contributed by atoms with Gasteiger partial charge in [-0.05, 0) is 31.4 Å². The van der Waals surface area contributed by atoms with Gasteiger partial charge in [-0.3, -0.25) is 9.78 Å². The lowest BCUT2D eigenvalue weighted by Crippen LogP contribution is -2.11. The maximum atomic E-state index is 10.8. The lowest BCUT2D eigenvalue weighted by molar-refractivity contribution is 0.110. The van der Waals surface area contributed by atoms with Crippen molar-refractivity contribution < 1.29 is 9.90 Å². The zero-order chi connectivity index (χ0) is 9.47. The fraction of sp³-hybridized carbons (Fsp3) is 0.400. The summed E-state index contributed by atoms with van der Waals surface area (Å²) in [6.07, 6.45) is 3.83.